The number of H-pyrrole nitrogens is 1. The van der Waals surface area contributed by atoms with E-state index in [0.717, 1.165) is 42.5 Å². The van der Waals surface area contributed by atoms with Gasteiger partial charge in [0.25, 0.3) is 5.91 Å². The second kappa shape index (κ2) is 7.24. The van der Waals surface area contributed by atoms with Gasteiger partial charge in [-0.2, -0.15) is 0 Å². The lowest BCUT2D eigenvalue weighted by Gasteiger charge is -2.30. The van der Waals surface area contributed by atoms with Crippen molar-refractivity contribution in [3.05, 3.63) is 65.9 Å². The van der Waals surface area contributed by atoms with Gasteiger partial charge in [-0.3, -0.25) is 4.79 Å². The SMILES string of the molecule is COc1ccc(C2CCCCCN2C(=O)c2cc3ccccc3[nH]2)cc1. The van der Waals surface area contributed by atoms with Gasteiger partial charge in [0.05, 0.1) is 13.2 Å². The Morgan fingerprint density at radius 3 is 2.65 bits per heavy atom. The maximum absolute atomic E-state index is 13.3. The summed E-state index contributed by atoms with van der Waals surface area (Å²) in [5.74, 6) is 0.930. The molecule has 0 spiro atoms. The van der Waals surface area contributed by atoms with Gasteiger partial charge >= 0.3 is 0 Å². The largest absolute Gasteiger partial charge is 0.497 e. The number of aromatic nitrogens is 1. The van der Waals surface area contributed by atoms with Gasteiger partial charge in [0.1, 0.15) is 11.4 Å². The molecule has 4 nitrogen and oxygen atoms in total. The van der Waals surface area contributed by atoms with Gasteiger partial charge in [-0.25, -0.2) is 0 Å². The van der Waals surface area contributed by atoms with Crippen molar-refractivity contribution in [1.82, 2.24) is 9.88 Å². The fourth-order valence-corrected chi connectivity index (χ4v) is 3.87. The number of ether oxygens (including phenoxy) is 1. The molecule has 1 atom stereocenters. The molecular formula is C22H24N2O2. The van der Waals surface area contributed by atoms with Crippen molar-refractivity contribution in [3.63, 3.8) is 0 Å². The standard InChI is InChI=1S/C22H24N2O2/c1-26-18-12-10-16(11-13-18)21-9-3-2-6-14-24(21)22(25)20-15-17-7-4-5-8-19(17)23-20/h4-5,7-8,10-13,15,21,23H,2-3,6,9,14H2,1H3. The number of para-hydroxylation sites is 1. The quantitative estimate of drug-likeness (QED) is 0.729. The minimum atomic E-state index is 0.0870. The molecule has 2 aromatic carbocycles. The number of benzene rings is 2. The molecule has 1 unspecified atom stereocenters. The van der Waals surface area contributed by atoms with E-state index in [0.29, 0.717) is 5.69 Å². The number of aromatic amines is 1. The van der Waals surface area contributed by atoms with E-state index in [4.69, 9.17) is 4.74 Å². The molecule has 134 valence electrons. The molecule has 4 rings (SSSR count). The van der Waals surface area contributed by atoms with Crippen LogP contribution in [0.4, 0.5) is 0 Å². The van der Waals surface area contributed by atoms with Crippen LogP contribution in [-0.2, 0) is 0 Å². The summed E-state index contributed by atoms with van der Waals surface area (Å²) in [6.07, 6.45) is 4.37. The number of methoxy groups -OCH3 is 1. The average Bonchev–Trinajstić information content (AvgIpc) is 2.97. The Morgan fingerprint density at radius 2 is 1.88 bits per heavy atom. The summed E-state index contributed by atoms with van der Waals surface area (Å²) < 4.78 is 5.27. The van der Waals surface area contributed by atoms with Gasteiger partial charge in [0.15, 0.2) is 0 Å². The molecule has 1 N–H and O–H groups in total. The minimum Gasteiger partial charge on any atom is -0.497 e. The summed E-state index contributed by atoms with van der Waals surface area (Å²) in [4.78, 5) is 18.6. The molecular weight excluding hydrogens is 324 g/mol. The number of carbonyl (C=O) groups is 1. The Morgan fingerprint density at radius 1 is 1.08 bits per heavy atom. The van der Waals surface area contributed by atoms with Crippen LogP contribution in [0.15, 0.2) is 54.6 Å². The molecule has 1 amide bonds. The number of fused-ring (bicyclic) bond motifs is 1. The molecule has 0 saturated carbocycles. The second-order valence-corrected chi connectivity index (χ2v) is 6.91. The van der Waals surface area contributed by atoms with E-state index in [1.807, 2.05) is 47.4 Å². The van der Waals surface area contributed by atoms with E-state index in [1.165, 1.54) is 12.0 Å². The minimum absolute atomic E-state index is 0.0870. The highest BCUT2D eigenvalue weighted by Gasteiger charge is 2.28. The van der Waals surface area contributed by atoms with Gasteiger partial charge < -0.3 is 14.6 Å². The summed E-state index contributed by atoms with van der Waals surface area (Å²) in [6, 6.07) is 18.2. The van der Waals surface area contributed by atoms with Crippen molar-refractivity contribution in [2.24, 2.45) is 0 Å². The Balaban J connectivity index is 1.66. The van der Waals surface area contributed by atoms with Crippen molar-refractivity contribution in [2.75, 3.05) is 13.7 Å². The molecule has 3 aromatic rings. The molecule has 1 saturated heterocycles. The topological polar surface area (TPSA) is 45.3 Å². The number of likely N-dealkylation sites (tertiary alicyclic amines) is 1. The zero-order valence-electron chi connectivity index (χ0n) is 15.1. The molecule has 4 heteroatoms. The lowest BCUT2D eigenvalue weighted by Crippen LogP contribution is -2.35. The molecule has 0 radical (unpaired) electrons. The summed E-state index contributed by atoms with van der Waals surface area (Å²) in [5, 5.41) is 1.08. The number of carbonyl (C=O) groups excluding carboxylic acids is 1. The number of nitrogens with one attached hydrogen (secondary N) is 1. The van der Waals surface area contributed by atoms with Crippen molar-refractivity contribution < 1.29 is 9.53 Å². The molecule has 1 aliphatic rings. The van der Waals surface area contributed by atoms with E-state index < -0.39 is 0 Å². The molecule has 0 aliphatic carbocycles. The van der Waals surface area contributed by atoms with E-state index in [9.17, 15) is 4.79 Å². The van der Waals surface area contributed by atoms with Crippen molar-refractivity contribution in [1.29, 1.82) is 0 Å². The van der Waals surface area contributed by atoms with Gasteiger partial charge in [-0.15, -0.1) is 0 Å². The third-order valence-electron chi connectivity index (χ3n) is 5.27. The lowest BCUT2D eigenvalue weighted by molar-refractivity contribution is 0.0676. The van der Waals surface area contributed by atoms with Gasteiger partial charge in [-0.1, -0.05) is 43.2 Å². The third kappa shape index (κ3) is 3.19. The van der Waals surface area contributed by atoms with Crippen LogP contribution in [-0.4, -0.2) is 29.4 Å². The summed E-state index contributed by atoms with van der Waals surface area (Å²) in [5.41, 5.74) is 2.86. The van der Waals surface area contributed by atoms with Crippen molar-refractivity contribution in [2.45, 2.75) is 31.7 Å². The smallest absolute Gasteiger partial charge is 0.270 e. The predicted molar refractivity (Wildman–Crippen MR) is 104 cm³/mol. The van der Waals surface area contributed by atoms with E-state index in [1.54, 1.807) is 7.11 Å². The number of amides is 1. The summed E-state index contributed by atoms with van der Waals surface area (Å²) in [7, 11) is 1.67. The number of nitrogens with zero attached hydrogens (tertiary/aromatic N) is 1. The second-order valence-electron chi connectivity index (χ2n) is 6.91. The molecule has 26 heavy (non-hydrogen) atoms. The number of hydrogen-bond acceptors (Lipinski definition) is 2. The molecule has 1 aliphatic heterocycles. The lowest BCUT2D eigenvalue weighted by atomic mass is 10.0. The predicted octanol–water partition coefficient (Wildman–Crippen LogP) is 4.93. The number of rotatable bonds is 3. The normalized spacial score (nSPS) is 17.9. The summed E-state index contributed by atoms with van der Waals surface area (Å²) in [6.45, 7) is 0.797. The number of hydrogen-bond donors (Lipinski definition) is 1. The third-order valence-corrected chi connectivity index (χ3v) is 5.27. The first-order valence-electron chi connectivity index (χ1n) is 9.29. The Labute approximate surface area is 153 Å². The highest BCUT2D eigenvalue weighted by atomic mass is 16.5. The van der Waals surface area contributed by atoms with Crippen LogP contribution in [0.5, 0.6) is 5.75 Å². The molecule has 1 aromatic heterocycles. The van der Waals surface area contributed by atoms with Crippen molar-refractivity contribution >= 4 is 16.8 Å². The highest BCUT2D eigenvalue weighted by molar-refractivity contribution is 5.98. The summed E-state index contributed by atoms with van der Waals surface area (Å²) >= 11 is 0. The monoisotopic (exact) mass is 348 g/mol. The molecule has 0 bridgehead atoms. The highest BCUT2D eigenvalue weighted by Crippen LogP contribution is 2.32. The van der Waals surface area contributed by atoms with E-state index in [2.05, 4.69) is 17.1 Å². The Bertz CT molecular complexity index is 865. The van der Waals surface area contributed by atoms with Crippen LogP contribution in [0, 0.1) is 0 Å². The first kappa shape index (κ1) is 16.7. The maximum Gasteiger partial charge on any atom is 0.270 e. The van der Waals surface area contributed by atoms with Gasteiger partial charge in [0.2, 0.25) is 0 Å². The molecule has 2 heterocycles. The first-order valence-corrected chi connectivity index (χ1v) is 9.29. The maximum atomic E-state index is 13.3. The van der Waals surface area contributed by atoms with Crippen LogP contribution in [0.25, 0.3) is 10.9 Å². The van der Waals surface area contributed by atoms with Crippen LogP contribution >= 0.6 is 0 Å². The Hall–Kier alpha value is -2.75. The van der Waals surface area contributed by atoms with Gasteiger partial charge in [0, 0.05) is 17.4 Å². The van der Waals surface area contributed by atoms with Crippen molar-refractivity contribution in [3.8, 4) is 5.75 Å². The first-order chi connectivity index (χ1) is 12.8. The average molecular weight is 348 g/mol. The van der Waals surface area contributed by atoms with Crippen LogP contribution < -0.4 is 4.74 Å². The van der Waals surface area contributed by atoms with Crippen LogP contribution in [0.2, 0.25) is 0 Å². The fraction of sp³-hybridized carbons (Fsp3) is 0.318. The molecule has 1 fully saturated rings. The van der Waals surface area contributed by atoms with E-state index in [-0.39, 0.29) is 11.9 Å². The zero-order chi connectivity index (χ0) is 17.9. The fourth-order valence-electron chi connectivity index (χ4n) is 3.87. The zero-order valence-corrected chi connectivity index (χ0v) is 15.1. The Kier molecular flexibility index (Phi) is 4.65. The van der Waals surface area contributed by atoms with E-state index >= 15 is 0 Å². The van der Waals surface area contributed by atoms with Gasteiger partial charge in [-0.05, 0) is 42.7 Å². The van der Waals surface area contributed by atoms with Crippen LogP contribution in [0.3, 0.4) is 0 Å². The van der Waals surface area contributed by atoms with Crippen LogP contribution in [0.1, 0.15) is 47.8 Å².